The molecule has 102 valence electrons. The molecule has 0 aromatic rings. The molecule has 0 rings (SSSR count). The Balaban J connectivity index is 4.16. The Kier molecular flexibility index (Phi) is 8.17. The van der Waals surface area contributed by atoms with E-state index in [4.69, 9.17) is 4.74 Å². The van der Waals surface area contributed by atoms with E-state index in [9.17, 15) is 4.79 Å². The van der Waals surface area contributed by atoms with Crippen molar-refractivity contribution in [3.05, 3.63) is 0 Å². The fraction of sp³-hybridized carbons (Fsp3) is 0.923. The molecule has 0 aromatic carbocycles. The van der Waals surface area contributed by atoms with Gasteiger partial charge in [0.25, 0.3) is 0 Å². The van der Waals surface area contributed by atoms with Gasteiger partial charge in [-0.15, -0.1) is 0 Å². The second-order valence-electron chi connectivity index (χ2n) is 4.84. The quantitative estimate of drug-likeness (QED) is 0.494. The highest BCUT2D eigenvalue weighted by Gasteiger charge is 2.32. The molecule has 0 aliphatic rings. The van der Waals surface area contributed by atoms with E-state index >= 15 is 0 Å². The minimum atomic E-state index is -0.531. The summed E-state index contributed by atoms with van der Waals surface area (Å²) < 4.78 is 5.13. The van der Waals surface area contributed by atoms with E-state index in [0.29, 0.717) is 6.61 Å². The number of unbranched alkanes of at least 4 members (excludes halogenated alkanes) is 1. The molecule has 1 N–H and O–H groups in total. The minimum absolute atomic E-state index is 0.133. The van der Waals surface area contributed by atoms with Crippen LogP contribution in [0.2, 0.25) is 0 Å². The summed E-state index contributed by atoms with van der Waals surface area (Å²) in [5.74, 6) is -0.133. The van der Waals surface area contributed by atoms with Crippen molar-refractivity contribution in [3.63, 3.8) is 0 Å². The van der Waals surface area contributed by atoms with E-state index < -0.39 is 5.54 Å². The van der Waals surface area contributed by atoms with Crippen LogP contribution in [0.3, 0.4) is 0 Å². The van der Waals surface area contributed by atoms with Gasteiger partial charge < -0.3 is 15.0 Å². The third-order valence-electron chi connectivity index (χ3n) is 2.83. The van der Waals surface area contributed by atoms with E-state index in [1.54, 1.807) is 0 Å². The van der Waals surface area contributed by atoms with Gasteiger partial charge in [0.1, 0.15) is 5.54 Å². The largest absolute Gasteiger partial charge is 0.465 e. The van der Waals surface area contributed by atoms with Crippen molar-refractivity contribution in [2.45, 2.75) is 45.6 Å². The standard InChI is InChI=1S/C13H28N2O2/c1-6-14-13(3,12(16)17-7-2)10-8-9-11-15(4)5/h14H,6-11H2,1-5H3. The number of hydrogen-bond donors (Lipinski definition) is 1. The first kappa shape index (κ1) is 16.4. The minimum Gasteiger partial charge on any atom is -0.465 e. The molecule has 0 fully saturated rings. The Morgan fingerprint density at radius 2 is 1.94 bits per heavy atom. The fourth-order valence-electron chi connectivity index (χ4n) is 1.85. The number of carbonyl (C=O) groups excluding carboxylic acids is 1. The van der Waals surface area contributed by atoms with Crippen molar-refractivity contribution in [2.24, 2.45) is 0 Å². The molecule has 0 spiro atoms. The molecule has 0 radical (unpaired) electrons. The van der Waals surface area contributed by atoms with Crippen LogP contribution in [0.5, 0.6) is 0 Å². The first-order valence-electron chi connectivity index (χ1n) is 6.53. The lowest BCUT2D eigenvalue weighted by Crippen LogP contribution is -2.50. The van der Waals surface area contributed by atoms with Gasteiger partial charge in [0.15, 0.2) is 0 Å². The summed E-state index contributed by atoms with van der Waals surface area (Å²) in [5, 5.41) is 3.24. The number of nitrogens with zero attached hydrogens (tertiary/aromatic N) is 1. The molecule has 0 aliphatic heterocycles. The van der Waals surface area contributed by atoms with Gasteiger partial charge in [0, 0.05) is 0 Å². The third kappa shape index (κ3) is 6.64. The molecule has 4 heteroatoms. The smallest absolute Gasteiger partial charge is 0.326 e. The predicted octanol–water partition coefficient (Wildman–Crippen LogP) is 1.65. The number of likely N-dealkylation sites (N-methyl/N-ethyl adjacent to an activating group) is 1. The van der Waals surface area contributed by atoms with E-state index in [-0.39, 0.29) is 5.97 Å². The van der Waals surface area contributed by atoms with E-state index in [1.807, 2.05) is 20.8 Å². The summed E-state index contributed by atoms with van der Waals surface area (Å²) >= 11 is 0. The lowest BCUT2D eigenvalue weighted by molar-refractivity contribution is -0.150. The highest BCUT2D eigenvalue weighted by molar-refractivity contribution is 5.80. The third-order valence-corrected chi connectivity index (χ3v) is 2.83. The first-order valence-corrected chi connectivity index (χ1v) is 6.53. The van der Waals surface area contributed by atoms with Gasteiger partial charge in [-0.05, 0) is 60.3 Å². The molecular formula is C13H28N2O2. The van der Waals surface area contributed by atoms with Crippen molar-refractivity contribution < 1.29 is 9.53 Å². The van der Waals surface area contributed by atoms with E-state index in [2.05, 4.69) is 24.3 Å². The van der Waals surface area contributed by atoms with Crippen molar-refractivity contribution >= 4 is 5.97 Å². The van der Waals surface area contributed by atoms with Crippen molar-refractivity contribution in [2.75, 3.05) is 33.8 Å². The zero-order chi connectivity index (χ0) is 13.3. The molecule has 0 saturated carbocycles. The van der Waals surface area contributed by atoms with Gasteiger partial charge in [-0.3, -0.25) is 4.79 Å². The second kappa shape index (κ2) is 8.48. The van der Waals surface area contributed by atoms with Crippen LogP contribution in [0, 0.1) is 0 Å². The van der Waals surface area contributed by atoms with Crippen molar-refractivity contribution in [1.29, 1.82) is 0 Å². The van der Waals surface area contributed by atoms with Crippen molar-refractivity contribution in [3.8, 4) is 0 Å². The maximum Gasteiger partial charge on any atom is 0.326 e. The lowest BCUT2D eigenvalue weighted by atomic mass is 9.94. The van der Waals surface area contributed by atoms with Crippen molar-refractivity contribution in [1.82, 2.24) is 10.2 Å². The van der Waals surface area contributed by atoms with Gasteiger partial charge >= 0.3 is 5.97 Å². The number of ether oxygens (including phenoxy) is 1. The molecule has 0 aliphatic carbocycles. The molecule has 4 nitrogen and oxygen atoms in total. The SMILES string of the molecule is CCNC(C)(CCCCN(C)C)C(=O)OCC. The monoisotopic (exact) mass is 244 g/mol. The van der Waals surface area contributed by atoms with Gasteiger partial charge in [0.2, 0.25) is 0 Å². The number of hydrogen-bond acceptors (Lipinski definition) is 4. The van der Waals surface area contributed by atoms with Gasteiger partial charge in [-0.25, -0.2) is 0 Å². The Morgan fingerprint density at radius 3 is 2.41 bits per heavy atom. The second-order valence-corrected chi connectivity index (χ2v) is 4.84. The number of esters is 1. The van der Waals surface area contributed by atoms with Crippen LogP contribution in [0.15, 0.2) is 0 Å². The van der Waals surface area contributed by atoms with E-state index in [0.717, 1.165) is 32.4 Å². The summed E-state index contributed by atoms with van der Waals surface area (Å²) in [4.78, 5) is 14.0. The average molecular weight is 244 g/mol. The molecule has 17 heavy (non-hydrogen) atoms. The molecule has 1 unspecified atom stereocenters. The van der Waals surface area contributed by atoms with Crippen LogP contribution in [0.1, 0.15) is 40.0 Å². The van der Waals surface area contributed by atoms with Crippen LogP contribution in [0.4, 0.5) is 0 Å². The zero-order valence-electron chi connectivity index (χ0n) is 12.0. The molecule has 0 saturated heterocycles. The Labute approximate surface area is 106 Å². The van der Waals surface area contributed by atoms with Crippen LogP contribution in [-0.2, 0) is 9.53 Å². The maximum absolute atomic E-state index is 11.9. The molecule has 0 bridgehead atoms. The normalized spacial score (nSPS) is 14.7. The lowest BCUT2D eigenvalue weighted by Gasteiger charge is -2.28. The first-order chi connectivity index (χ1) is 7.96. The highest BCUT2D eigenvalue weighted by Crippen LogP contribution is 2.16. The molecule has 1 atom stereocenters. The zero-order valence-corrected chi connectivity index (χ0v) is 12.0. The molecule has 0 aromatic heterocycles. The maximum atomic E-state index is 11.9. The van der Waals surface area contributed by atoms with Crippen LogP contribution in [-0.4, -0.2) is 50.2 Å². The summed E-state index contributed by atoms with van der Waals surface area (Å²) in [5.41, 5.74) is -0.531. The molecule has 0 heterocycles. The fourth-order valence-corrected chi connectivity index (χ4v) is 1.85. The number of nitrogens with one attached hydrogen (secondary N) is 1. The van der Waals surface area contributed by atoms with Crippen LogP contribution < -0.4 is 5.32 Å². The Morgan fingerprint density at radius 1 is 1.29 bits per heavy atom. The van der Waals surface area contributed by atoms with Gasteiger partial charge in [-0.1, -0.05) is 6.92 Å². The topological polar surface area (TPSA) is 41.6 Å². The number of rotatable bonds is 9. The Bertz CT molecular complexity index is 219. The summed E-state index contributed by atoms with van der Waals surface area (Å²) in [7, 11) is 4.13. The summed E-state index contributed by atoms with van der Waals surface area (Å²) in [6.45, 7) is 8.07. The summed E-state index contributed by atoms with van der Waals surface area (Å²) in [6, 6.07) is 0. The summed E-state index contributed by atoms with van der Waals surface area (Å²) in [6.07, 6.45) is 2.96. The average Bonchev–Trinajstić information content (AvgIpc) is 2.25. The Hall–Kier alpha value is -0.610. The molecular weight excluding hydrogens is 216 g/mol. The molecule has 0 amide bonds. The van der Waals surface area contributed by atoms with Gasteiger partial charge in [-0.2, -0.15) is 0 Å². The predicted molar refractivity (Wildman–Crippen MR) is 71.1 cm³/mol. The van der Waals surface area contributed by atoms with Gasteiger partial charge in [0.05, 0.1) is 6.61 Å². The number of carbonyl (C=O) groups is 1. The van der Waals surface area contributed by atoms with E-state index in [1.165, 1.54) is 0 Å². The van der Waals surface area contributed by atoms with Crippen LogP contribution >= 0.6 is 0 Å². The highest BCUT2D eigenvalue weighted by atomic mass is 16.5. The van der Waals surface area contributed by atoms with Crippen LogP contribution in [0.25, 0.3) is 0 Å².